The Balaban J connectivity index is 1.91. The lowest BCUT2D eigenvalue weighted by molar-refractivity contribution is 0.166. The number of nitrogens with zero attached hydrogens (tertiary/aromatic N) is 1. The molecular formula is C14H24N2O2S2. The Labute approximate surface area is 125 Å². The molecule has 1 fully saturated rings. The second kappa shape index (κ2) is 6.12. The minimum absolute atomic E-state index is 0.0482. The molecule has 0 bridgehead atoms. The summed E-state index contributed by atoms with van der Waals surface area (Å²) in [6, 6.07) is 0.524. The summed E-state index contributed by atoms with van der Waals surface area (Å²) in [5.41, 5.74) is 1.29. The molecule has 6 heteroatoms. The molecule has 1 aromatic heterocycles. The predicted octanol–water partition coefficient (Wildman–Crippen LogP) is 2.75. The lowest BCUT2D eigenvalue weighted by Gasteiger charge is -2.39. The first-order chi connectivity index (χ1) is 9.26. The fourth-order valence-corrected chi connectivity index (χ4v) is 4.83. The highest BCUT2D eigenvalue weighted by atomic mass is 32.2. The summed E-state index contributed by atoms with van der Waals surface area (Å²) in [6.45, 7) is 5.37. The minimum Gasteiger partial charge on any atom is -0.308 e. The van der Waals surface area contributed by atoms with Crippen molar-refractivity contribution in [1.29, 1.82) is 0 Å². The van der Waals surface area contributed by atoms with Gasteiger partial charge in [-0.3, -0.25) is 0 Å². The van der Waals surface area contributed by atoms with E-state index >= 15 is 0 Å². The van der Waals surface area contributed by atoms with Crippen molar-refractivity contribution >= 4 is 21.2 Å². The second-order valence-corrected chi connectivity index (χ2v) is 9.55. The van der Waals surface area contributed by atoms with Gasteiger partial charge in [0.25, 0.3) is 0 Å². The molecule has 1 aliphatic carbocycles. The van der Waals surface area contributed by atoms with Gasteiger partial charge in [-0.1, -0.05) is 26.7 Å². The van der Waals surface area contributed by atoms with Crippen LogP contribution in [0.1, 0.15) is 50.2 Å². The fraction of sp³-hybridized carbons (Fsp3) is 0.786. The Morgan fingerprint density at radius 1 is 1.45 bits per heavy atom. The largest absolute Gasteiger partial charge is 0.308 e. The van der Waals surface area contributed by atoms with Crippen LogP contribution in [0.2, 0.25) is 0 Å². The molecule has 1 saturated carbocycles. The van der Waals surface area contributed by atoms with E-state index in [1.807, 2.05) is 5.38 Å². The molecular weight excluding hydrogens is 292 g/mol. The van der Waals surface area contributed by atoms with Crippen LogP contribution in [0, 0.1) is 5.41 Å². The van der Waals surface area contributed by atoms with Crippen LogP contribution in [0.15, 0.2) is 5.38 Å². The van der Waals surface area contributed by atoms with Crippen LogP contribution < -0.4 is 5.32 Å². The third-order valence-electron chi connectivity index (χ3n) is 4.02. The maximum absolute atomic E-state index is 11.3. The summed E-state index contributed by atoms with van der Waals surface area (Å²) in [4.78, 5) is 4.40. The predicted molar refractivity (Wildman–Crippen MR) is 83.5 cm³/mol. The average Bonchev–Trinajstić information content (AvgIpc) is 2.72. The molecule has 114 valence electrons. The van der Waals surface area contributed by atoms with E-state index < -0.39 is 9.84 Å². The molecule has 0 saturated heterocycles. The summed E-state index contributed by atoms with van der Waals surface area (Å²) in [5.74, 6) is 0.0482. The van der Waals surface area contributed by atoms with Crippen molar-refractivity contribution in [2.24, 2.45) is 5.41 Å². The van der Waals surface area contributed by atoms with E-state index in [1.54, 1.807) is 0 Å². The molecule has 0 aliphatic heterocycles. The number of thiazole rings is 1. The molecule has 0 amide bonds. The zero-order valence-electron chi connectivity index (χ0n) is 12.5. The van der Waals surface area contributed by atoms with Gasteiger partial charge in [0.05, 0.1) is 5.69 Å². The zero-order valence-corrected chi connectivity index (χ0v) is 14.1. The normalized spacial score (nSPS) is 22.9. The number of aromatic nitrogens is 1. The second-order valence-electron chi connectivity index (χ2n) is 6.47. The van der Waals surface area contributed by atoms with Gasteiger partial charge in [0.2, 0.25) is 0 Å². The molecule has 0 spiro atoms. The molecule has 2 rings (SSSR count). The topological polar surface area (TPSA) is 59.1 Å². The summed E-state index contributed by atoms with van der Waals surface area (Å²) >= 11 is 1.43. The highest BCUT2D eigenvalue weighted by Crippen LogP contribution is 2.35. The number of hydrogen-bond acceptors (Lipinski definition) is 5. The van der Waals surface area contributed by atoms with Crippen LogP contribution in [-0.4, -0.2) is 25.7 Å². The lowest BCUT2D eigenvalue weighted by atomic mass is 9.73. The van der Waals surface area contributed by atoms with Gasteiger partial charge in [-0.15, -0.1) is 11.3 Å². The van der Waals surface area contributed by atoms with Crippen molar-refractivity contribution in [3.8, 4) is 0 Å². The highest BCUT2D eigenvalue weighted by Gasteiger charge is 2.31. The van der Waals surface area contributed by atoms with Crippen molar-refractivity contribution in [3.63, 3.8) is 0 Å². The average molecular weight is 316 g/mol. The van der Waals surface area contributed by atoms with Gasteiger partial charge < -0.3 is 5.32 Å². The van der Waals surface area contributed by atoms with Gasteiger partial charge in [0.1, 0.15) is 10.8 Å². The Hall–Kier alpha value is -0.460. The molecule has 1 heterocycles. The van der Waals surface area contributed by atoms with E-state index in [2.05, 4.69) is 24.1 Å². The zero-order chi connectivity index (χ0) is 14.8. The molecule has 1 N–H and O–H groups in total. The number of sulfone groups is 1. The number of hydrogen-bond donors (Lipinski definition) is 1. The fourth-order valence-electron chi connectivity index (χ4n) is 2.82. The van der Waals surface area contributed by atoms with E-state index in [9.17, 15) is 8.42 Å². The van der Waals surface area contributed by atoms with Crippen molar-refractivity contribution in [2.45, 2.75) is 57.9 Å². The van der Waals surface area contributed by atoms with Crippen molar-refractivity contribution < 1.29 is 8.42 Å². The SMILES string of the molecule is CC1(C)CCCC[C@H]1NCc1csc(CS(C)(=O)=O)n1. The van der Waals surface area contributed by atoms with E-state index in [0.717, 1.165) is 12.2 Å². The smallest absolute Gasteiger partial charge is 0.153 e. The minimum atomic E-state index is -2.99. The third kappa shape index (κ3) is 4.53. The van der Waals surface area contributed by atoms with Gasteiger partial charge >= 0.3 is 0 Å². The van der Waals surface area contributed by atoms with E-state index in [-0.39, 0.29) is 5.75 Å². The van der Waals surface area contributed by atoms with E-state index in [0.29, 0.717) is 16.5 Å². The van der Waals surface area contributed by atoms with Crippen LogP contribution >= 0.6 is 11.3 Å². The maximum atomic E-state index is 11.3. The first kappa shape index (κ1) is 15.9. The Kier molecular flexibility index (Phi) is 4.87. The van der Waals surface area contributed by atoms with Crippen LogP contribution in [0.5, 0.6) is 0 Å². The first-order valence-corrected chi connectivity index (χ1v) is 10.0. The molecule has 1 atom stereocenters. The third-order valence-corrected chi connectivity index (χ3v) is 5.90. The van der Waals surface area contributed by atoms with Gasteiger partial charge in [-0.2, -0.15) is 0 Å². The number of nitrogens with one attached hydrogen (secondary N) is 1. The number of rotatable bonds is 5. The molecule has 0 radical (unpaired) electrons. The van der Waals surface area contributed by atoms with Crippen LogP contribution in [0.25, 0.3) is 0 Å². The van der Waals surface area contributed by atoms with E-state index in [4.69, 9.17) is 0 Å². The van der Waals surface area contributed by atoms with Gasteiger partial charge in [0.15, 0.2) is 9.84 Å². The first-order valence-electron chi connectivity index (χ1n) is 7.11. The molecule has 0 unspecified atom stereocenters. The van der Waals surface area contributed by atoms with Crippen LogP contribution in [0.4, 0.5) is 0 Å². The lowest BCUT2D eigenvalue weighted by Crippen LogP contribution is -2.43. The maximum Gasteiger partial charge on any atom is 0.153 e. The van der Waals surface area contributed by atoms with Gasteiger partial charge in [-0.25, -0.2) is 13.4 Å². The summed E-state index contributed by atoms with van der Waals surface area (Å²) < 4.78 is 22.5. The summed E-state index contributed by atoms with van der Waals surface area (Å²) in [6.07, 6.45) is 6.34. The Bertz CT molecular complexity index is 549. The van der Waals surface area contributed by atoms with E-state index in [1.165, 1.54) is 43.3 Å². The molecule has 20 heavy (non-hydrogen) atoms. The molecule has 1 aromatic rings. The van der Waals surface area contributed by atoms with Crippen LogP contribution in [0.3, 0.4) is 0 Å². The standard InChI is InChI=1S/C14H24N2O2S2/c1-14(2)7-5-4-6-12(14)15-8-11-9-19-13(16-11)10-20(3,17)18/h9,12,15H,4-8,10H2,1-3H3/t12-/m1/s1. The summed E-state index contributed by atoms with van der Waals surface area (Å²) in [7, 11) is -2.99. The quantitative estimate of drug-likeness (QED) is 0.907. The summed E-state index contributed by atoms with van der Waals surface area (Å²) in [5, 5.41) is 6.25. The molecule has 1 aliphatic rings. The van der Waals surface area contributed by atoms with Crippen molar-refractivity contribution in [3.05, 3.63) is 16.1 Å². The van der Waals surface area contributed by atoms with Crippen molar-refractivity contribution in [2.75, 3.05) is 6.26 Å². The van der Waals surface area contributed by atoms with Crippen molar-refractivity contribution in [1.82, 2.24) is 10.3 Å². The van der Waals surface area contributed by atoms with Gasteiger partial charge in [0, 0.05) is 24.2 Å². The molecule has 0 aromatic carbocycles. The van der Waals surface area contributed by atoms with Crippen LogP contribution in [-0.2, 0) is 22.1 Å². The van der Waals surface area contributed by atoms with Gasteiger partial charge in [-0.05, 0) is 18.3 Å². The Morgan fingerprint density at radius 2 is 2.20 bits per heavy atom. The monoisotopic (exact) mass is 316 g/mol. The molecule has 4 nitrogen and oxygen atoms in total. The highest BCUT2D eigenvalue weighted by molar-refractivity contribution is 7.90. The Morgan fingerprint density at radius 3 is 2.85 bits per heavy atom.